The van der Waals surface area contributed by atoms with Crippen LogP contribution in [0.1, 0.15) is 5.56 Å². The summed E-state index contributed by atoms with van der Waals surface area (Å²) in [7, 11) is 0. The van der Waals surface area contributed by atoms with Crippen molar-refractivity contribution in [3.63, 3.8) is 0 Å². The molecule has 1 aromatic carbocycles. The van der Waals surface area contributed by atoms with E-state index in [1.54, 1.807) is 29.0 Å². The standard InChI is InChI=1S/C16H11ClFN5S/c17-12-6-10(3-4-13(12)18)7-20-15-22-23-9-14(21-16(23)24-15)11-2-1-5-19-8-11/h1-6,8-9H,7H2,(H,20,22). The van der Waals surface area contributed by atoms with Crippen molar-refractivity contribution in [2.45, 2.75) is 6.54 Å². The van der Waals surface area contributed by atoms with Crippen LogP contribution >= 0.6 is 22.9 Å². The predicted octanol–water partition coefficient (Wildman–Crippen LogP) is 4.26. The van der Waals surface area contributed by atoms with E-state index in [0.717, 1.165) is 26.9 Å². The summed E-state index contributed by atoms with van der Waals surface area (Å²) in [5, 5.41) is 8.49. The third kappa shape index (κ3) is 2.95. The van der Waals surface area contributed by atoms with E-state index >= 15 is 0 Å². The number of hydrogen-bond donors (Lipinski definition) is 1. The molecule has 4 rings (SSSR count). The van der Waals surface area contributed by atoms with Crippen molar-refractivity contribution in [3.05, 3.63) is 65.3 Å². The molecule has 0 fully saturated rings. The summed E-state index contributed by atoms with van der Waals surface area (Å²) in [5.74, 6) is -0.420. The first-order valence-electron chi connectivity index (χ1n) is 7.13. The van der Waals surface area contributed by atoms with Crippen molar-refractivity contribution < 1.29 is 4.39 Å². The number of halogens is 2. The molecule has 0 bridgehead atoms. The highest BCUT2D eigenvalue weighted by Crippen LogP contribution is 2.24. The Hall–Kier alpha value is -2.51. The molecule has 1 N–H and O–H groups in total. The molecule has 0 unspecified atom stereocenters. The maximum atomic E-state index is 13.2. The Morgan fingerprint density at radius 3 is 2.96 bits per heavy atom. The second-order valence-electron chi connectivity index (χ2n) is 5.10. The monoisotopic (exact) mass is 359 g/mol. The molecule has 3 aromatic heterocycles. The lowest BCUT2D eigenvalue weighted by atomic mass is 10.2. The van der Waals surface area contributed by atoms with E-state index in [9.17, 15) is 4.39 Å². The fourth-order valence-corrected chi connectivity index (χ4v) is 3.23. The number of benzene rings is 1. The molecule has 120 valence electrons. The highest BCUT2D eigenvalue weighted by molar-refractivity contribution is 7.20. The smallest absolute Gasteiger partial charge is 0.214 e. The summed E-state index contributed by atoms with van der Waals surface area (Å²) in [6, 6.07) is 8.47. The Morgan fingerprint density at radius 2 is 2.21 bits per heavy atom. The van der Waals surface area contributed by atoms with E-state index in [1.165, 1.54) is 17.4 Å². The molecule has 0 saturated carbocycles. The summed E-state index contributed by atoms with van der Waals surface area (Å²) >= 11 is 7.22. The fourth-order valence-electron chi connectivity index (χ4n) is 2.25. The first kappa shape index (κ1) is 15.0. The highest BCUT2D eigenvalue weighted by Gasteiger charge is 2.10. The number of nitrogens with zero attached hydrogens (tertiary/aromatic N) is 4. The van der Waals surface area contributed by atoms with Gasteiger partial charge in [-0.3, -0.25) is 4.98 Å². The van der Waals surface area contributed by atoms with E-state index in [0.29, 0.717) is 6.54 Å². The number of aromatic nitrogens is 4. The van der Waals surface area contributed by atoms with Crippen LogP contribution in [0.4, 0.5) is 9.52 Å². The van der Waals surface area contributed by atoms with Gasteiger partial charge in [0.15, 0.2) is 0 Å². The van der Waals surface area contributed by atoms with Crippen molar-refractivity contribution in [2.75, 3.05) is 5.32 Å². The van der Waals surface area contributed by atoms with Crippen LogP contribution in [0.2, 0.25) is 5.02 Å². The minimum atomic E-state index is -0.420. The quantitative estimate of drug-likeness (QED) is 0.591. The van der Waals surface area contributed by atoms with Gasteiger partial charge in [0.2, 0.25) is 10.1 Å². The molecule has 0 saturated heterocycles. The van der Waals surface area contributed by atoms with Gasteiger partial charge in [0.25, 0.3) is 0 Å². The molecule has 24 heavy (non-hydrogen) atoms. The van der Waals surface area contributed by atoms with Gasteiger partial charge < -0.3 is 5.32 Å². The molecule has 0 radical (unpaired) electrons. The zero-order valence-electron chi connectivity index (χ0n) is 12.3. The largest absolute Gasteiger partial charge is 0.356 e. The van der Waals surface area contributed by atoms with Crippen LogP contribution in [-0.2, 0) is 6.54 Å². The van der Waals surface area contributed by atoms with Crippen LogP contribution in [-0.4, -0.2) is 19.6 Å². The number of pyridine rings is 1. The first-order valence-corrected chi connectivity index (χ1v) is 8.33. The number of rotatable bonds is 4. The number of fused-ring (bicyclic) bond motifs is 1. The minimum absolute atomic E-state index is 0.115. The Morgan fingerprint density at radius 1 is 1.29 bits per heavy atom. The summed E-state index contributed by atoms with van der Waals surface area (Å²) < 4.78 is 14.9. The first-order chi connectivity index (χ1) is 11.7. The SMILES string of the molecule is Fc1ccc(CNc2nn3cc(-c4cccnc4)nc3s2)cc1Cl. The maximum absolute atomic E-state index is 13.2. The van der Waals surface area contributed by atoms with Crippen LogP contribution in [0.15, 0.2) is 48.9 Å². The van der Waals surface area contributed by atoms with E-state index in [1.807, 2.05) is 18.3 Å². The van der Waals surface area contributed by atoms with Gasteiger partial charge in [0.05, 0.1) is 16.9 Å². The van der Waals surface area contributed by atoms with Crippen molar-refractivity contribution in [1.29, 1.82) is 0 Å². The molecular formula is C16H11ClFN5S. The van der Waals surface area contributed by atoms with Crippen LogP contribution in [0.25, 0.3) is 16.2 Å². The van der Waals surface area contributed by atoms with Gasteiger partial charge in [-0.05, 0) is 29.8 Å². The summed E-state index contributed by atoms with van der Waals surface area (Å²) in [4.78, 5) is 9.43. The van der Waals surface area contributed by atoms with Gasteiger partial charge in [0.1, 0.15) is 5.82 Å². The molecule has 0 spiro atoms. The fraction of sp³-hybridized carbons (Fsp3) is 0.0625. The van der Waals surface area contributed by atoms with Gasteiger partial charge in [0, 0.05) is 24.5 Å². The Kier molecular flexibility index (Phi) is 3.87. The second kappa shape index (κ2) is 6.18. The topological polar surface area (TPSA) is 55.1 Å². The van der Waals surface area contributed by atoms with E-state index in [-0.39, 0.29) is 5.02 Å². The van der Waals surface area contributed by atoms with Crippen LogP contribution < -0.4 is 5.32 Å². The second-order valence-corrected chi connectivity index (χ2v) is 6.47. The van der Waals surface area contributed by atoms with Gasteiger partial charge >= 0.3 is 0 Å². The molecule has 0 atom stereocenters. The summed E-state index contributed by atoms with van der Waals surface area (Å²) in [6.07, 6.45) is 5.36. The number of hydrogen-bond acceptors (Lipinski definition) is 5. The average molecular weight is 360 g/mol. The molecular weight excluding hydrogens is 349 g/mol. The molecule has 5 nitrogen and oxygen atoms in total. The Labute approximate surface area is 145 Å². The van der Waals surface area contributed by atoms with Crippen LogP contribution in [0.3, 0.4) is 0 Å². The number of nitrogens with one attached hydrogen (secondary N) is 1. The number of anilines is 1. The van der Waals surface area contributed by atoms with Crippen LogP contribution in [0.5, 0.6) is 0 Å². The normalized spacial score (nSPS) is 11.1. The van der Waals surface area contributed by atoms with Gasteiger partial charge in [-0.2, -0.15) is 0 Å². The molecule has 4 aromatic rings. The molecule has 0 aliphatic carbocycles. The maximum Gasteiger partial charge on any atom is 0.214 e. The third-order valence-corrected chi connectivity index (χ3v) is 4.60. The third-order valence-electron chi connectivity index (χ3n) is 3.43. The van der Waals surface area contributed by atoms with Crippen molar-refractivity contribution >= 4 is 33.0 Å². The van der Waals surface area contributed by atoms with Gasteiger partial charge in [-0.15, -0.1) is 5.10 Å². The highest BCUT2D eigenvalue weighted by atomic mass is 35.5. The van der Waals surface area contributed by atoms with E-state index in [2.05, 4.69) is 20.4 Å². The number of imidazole rings is 1. The lowest BCUT2D eigenvalue weighted by molar-refractivity contribution is 0.627. The summed E-state index contributed by atoms with van der Waals surface area (Å²) in [5.41, 5.74) is 2.66. The predicted molar refractivity (Wildman–Crippen MR) is 92.8 cm³/mol. The lowest BCUT2D eigenvalue weighted by Gasteiger charge is -2.03. The van der Waals surface area contributed by atoms with E-state index in [4.69, 9.17) is 11.6 Å². The minimum Gasteiger partial charge on any atom is -0.356 e. The van der Waals surface area contributed by atoms with Crippen molar-refractivity contribution in [2.24, 2.45) is 0 Å². The zero-order valence-corrected chi connectivity index (χ0v) is 13.9. The van der Waals surface area contributed by atoms with Gasteiger partial charge in [-0.1, -0.05) is 29.0 Å². The van der Waals surface area contributed by atoms with Crippen molar-refractivity contribution in [3.8, 4) is 11.3 Å². The molecule has 0 aliphatic heterocycles. The summed E-state index contributed by atoms with van der Waals surface area (Å²) in [6.45, 7) is 0.506. The Balaban J connectivity index is 1.51. The zero-order chi connectivity index (χ0) is 16.5. The molecule has 3 heterocycles. The van der Waals surface area contributed by atoms with E-state index < -0.39 is 5.82 Å². The Bertz CT molecular complexity index is 967. The lowest BCUT2D eigenvalue weighted by Crippen LogP contribution is -1.99. The molecule has 0 amide bonds. The average Bonchev–Trinajstić information content (AvgIpc) is 3.15. The van der Waals surface area contributed by atoms with Crippen molar-refractivity contribution in [1.82, 2.24) is 19.6 Å². The molecule has 0 aliphatic rings. The van der Waals surface area contributed by atoms with Gasteiger partial charge in [-0.25, -0.2) is 13.9 Å². The van der Waals surface area contributed by atoms with Crippen LogP contribution in [0, 0.1) is 5.82 Å². The molecule has 8 heteroatoms.